The monoisotopic (exact) mass is 540 g/mol. The Morgan fingerprint density at radius 2 is 1.82 bits per heavy atom. The van der Waals surface area contributed by atoms with Crippen LogP contribution in [0.3, 0.4) is 0 Å². The van der Waals surface area contributed by atoms with Gasteiger partial charge in [0.2, 0.25) is 0 Å². The van der Waals surface area contributed by atoms with Crippen LogP contribution in [0.5, 0.6) is 0 Å². The van der Waals surface area contributed by atoms with Crippen molar-refractivity contribution in [1.29, 1.82) is 0 Å². The van der Waals surface area contributed by atoms with E-state index in [9.17, 15) is 9.90 Å². The highest BCUT2D eigenvalue weighted by Crippen LogP contribution is 2.35. The van der Waals surface area contributed by atoms with E-state index in [-0.39, 0.29) is 16.8 Å². The van der Waals surface area contributed by atoms with Crippen LogP contribution in [0.15, 0.2) is 35.1 Å². The molecule has 1 heterocycles. The summed E-state index contributed by atoms with van der Waals surface area (Å²) in [7, 11) is 12.3. The standard InChI is InChI=1S/C17H22B7BrClFN4O3/c18-15(19,33)16(20,21)34-30-14(32)7-4-10-13(28-5-31(10)17(22,23)24)11(27)12(7)29-9-2-1-6(25)3-8(9)26/h1-5,29,33H,18-24H2,(H,30,32). The van der Waals surface area contributed by atoms with Gasteiger partial charge in [-0.2, -0.15) is 0 Å². The van der Waals surface area contributed by atoms with Crippen molar-refractivity contribution in [2.75, 3.05) is 5.32 Å². The molecule has 7 nitrogen and oxygen atoms in total. The fraction of sp³-hybridized carbons (Fsp3) is 0.176. The fourth-order valence-electron chi connectivity index (χ4n) is 3.03. The number of fused-ring (bicyclic) bond motifs is 1. The molecule has 3 rings (SSSR count). The van der Waals surface area contributed by atoms with Gasteiger partial charge in [0, 0.05) is 15.3 Å². The Hall–Kier alpha value is -1.75. The number of carbonyl (C=O) groups excluding carboxylic acids is 1. The maximum Gasteiger partial charge on any atom is 0.277 e. The van der Waals surface area contributed by atoms with Crippen molar-refractivity contribution in [2.24, 2.45) is 0 Å². The molecule has 0 aliphatic heterocycles. The van der Waals surface area contributed by atoms with Crippen LogP contribution < -0.4 is 10.8 Å². The number of benzene rings is 2. The van der Waals surface area contributed by atoms with E-state index in [0.717, 1.165) is 4.47 Å². The average molecular weight is 540 g/mol. The zero-order valence-electron chi connectivity index (χ0n) is 20.2. The van der Waals surface area contributed by atoms with Crippen molar-refractivity contribution in [2.45, 2.75) is 16.0 Å². The predicted octanol–water partition coefficient (Wildman–Crippen LogP) is -3.70. The molecule has 17 heteroatoms. The van der Waals surface area contributed by atoms with Crippen LogP contribution in [0.2, 0.25) is 5.02 Å². The molecule has 0 aliphatic carbocycles. The molecule has 1 amide bonds. The second-order valence-electron chi connectivity index (χ2n) is 10.1. The Kier molecular flexibility index (Phi) is 7.40. The first kappa shape index (κ1) is 26.9. The predicted molar refractivity (Wildman–Crippen MR) is 156 cm³/mol. The number of anilines is 2. The van der Waals surface area contributed by atoms with E-state index in [1.807, 2.05) is 23.5 Å². The maximum atomic E-state index is 15.8. The van der Waals surface area contributed by atoms with Crippen LogP contribution in [0, 0.1) is 5.82 Å². The number of hydrogen-bond acceptors (Lipinski definition) is 5. The molecular formula is C17H22B7BrClFN4O3. The number of carbonyl (C=O) groups is 1. The van der Waals surface area contributed by atoms with Gasteiger partial charge in [0.05, 0.1) is 33.8 Å². The van der Waals surface area contributed by atoms with Gasteiger partial charge in [-0.3, -0.25) is 9.63 Å². The smallest absolute Gasteiger partial charge is 0.277 e. The lowest BCUT2D eigenvalue weighted by atomic mass is 9.42. The molecule has 1 aromatic heterocycles. The number of hydrogen-bond donors (Lipinski definition) is 3. The number of imidazole rings is 1. The van der Waals surface area contributed by atoms with Crippen LogP contribution >= 0.6 is 27.5 Å². The minimum atomic E-state index is -1.26. The van der Waals surface area contributed by atoms with Gasteiger partial charge in [0.1, 0.15) is 60.4 Å². The van der Waals surface area contributed by atoms with Crippen molar-refractivity contribution >= 4 is 111 Å². The van der Waals surface area contributed by atoms with E-state index in [1.165, 1.54) is 0 Å². The van der Waals surface area contributed by atoms with Gasteiger partial charge in [-0.15, -0.1) is 0 Å². The van der Waals surface area contributed by atoms with Gasteiger partial charge in [-0.05, 0) is 29.5 Å². The minimum absolute atomic E-state index is 0.0125. The van der Waals surface area contributed by atoms with Crippen molar-refractivity contribution < 1.29 is 19.1 Å². The van der Waals surface area contributed by atoms with Gasteiger partial charge in [0.15, 0.2) is 5.82 Å². The molecule has 170 valence electrons. The molecule has 3 aromatic rings. The number of hydroxylamine groups is 1. The molecule has 0 saturated carbocycles. The summed E-state index contributed by atoms with van der Waals surface area (Å²) in [6.45, 7) is 0. The van der Waals surface area contributed by atoms with E-state index in [4.69, 9.17) is 16.4 Å². The lowest BCUT2D eigenvalue weighted by Gasteiger charge is -2.37. The summed E-state index contributed by atoms with van der Waals surface area (Å²) in [5.41, 5.74) is 3.22. The molecule has 0 aliphatic rings. The molecule has 2 aromatic carbocycles. The second kappa shape index (κ2) is 9.37. The summed E-state index contributed by atoms with van der Waals surface area (Å²) in [6, 6.07) is 6.62. The highest BCUT2D eigenvalue weighted by Gasteiger charge is 2.37. The molecule has 0 fully saturated rings. The molecule has 34 heavy (non-hydrogen) atoms. The Morgan fingerprint density at radius 1 is 1.18 bits per heavy atom. The zero-order chi connectivity index (χ0) is 25.6. The van der Waals surface area contributed by atoms with Crippen LogP contribution in [0.4, 0.5) is 15.8 Å². The summed E-state index contributed by atoms with van der Waals surface area (Å²) in [4.78, 5) is 23.0. The lowest BCUT2D eigenvalue weighted by molar-refractivity contribution is -0.0488. The highest BCUT2D eigenvalue weighted by atomic mass is 79.9. The van der Waals surface area contributed by atoms with E-state index in [1.54, 1.807) is 66.5 Å². The van der Waals surface area contributed by atoms with Crippen molar-refractivity contribution in [3.8, 4) is 0 Å². The first-order chi connectivity index (χ1) is 15.5. The van der Waals surface area contributed by atoms with Crippen LogP contribution in [0.25, 0.3) is 11.0 Å². The first-order valence-electron chi connectivity index (χ1n) is 10.7. The molecule has 0 saturated heterocycles. The highest BCUT2D eigenvalue weighted by molar-refractivity contribution is 9.10. The van der Waals surface area contributed by atoms with Crippen LogP contribution in [-0.4, -0.2) is 86.3 Å². The van der Waals surface area contributed by atoms with Gasteiger partial charge in [-0.25, -0.2) is 14.9 Å². The minimum Gasteiger partial charge on any atom is -0.406 e. The average Bonchev–Trinajstić information content (AvgIpc) is 3.13. The molecule has 0 atom stereocenters. The van der Waals surface area contributed by atoms with Gasteiger partial charge >= 0.3 is 0 Å². The number of amides is 1. The third-order valence-corrected chi connectivity index (χ3v) is 6.62. The van der Waals surface area contributed by atoms with E-state index >= 15 is 4.39 Å². The van der Waals surface area contributed by atoms with Crippen molar-refractivity contribution in [3.05, 3.63) is 51.5 Å². The van der Waals surface area contributed by atoms with E-state index in [2.05, 4.69) is 31.7 Å². The summed E-state index contributed by atoms with van der Waals surface area (Å²) in [5, 5.41) is 10.8. The Morgan fingerprint density at radius 3 is 2.38 bits per heavy atom. The summed E-state index contributed by atoms with van der Waals surface area (Å²) < 4.78 is 18.3. The summed E-state index contributed by atoms with van der Waals surface area (Å²) in [5.74, 6) is -1.40. The number of aliphatic hydroxyl groups is 1. The maximum absolute atomic E-state index is 15.8. The number of halogens is 3. The summed E-state index contributed by atoms with van der Waals surface area (Å²) >= 11 is 9.67. The molecule has 3 N–H and O–H groups in total. The van der Waals surface area contributed by atoms with E-state index in [0.29, 0.717) is 16.2 Å². The molecule has 0 bridgehead atoms. The molecule has 0 spiro atoms. The Bertz CT molecular complexity index is 1270. The second-order valence-corrected chi connectivity index (χ2v) is 11.4. The summed E-state index contributed by atoms with van der Waals surface area (Å²) in [6.07, 6.45) is 1.54. The Labute approximate surface area is 217 Å². The van der Waals surface area contributed by atoms with Crippen LogP contribution in [-0.2, 0) is 10.1 Å². The van der Waals surface area contributed by atoms with E-state index < -0.39 is 27.8 Å². The quantitative estimate of drug-likeness (QED) is 0.212. The number of nitrogens with zero attached hydrogens (tertiary/aromatic N) is 2. The van der Waals surface area contributed by atoms with Crippen molar-refractivity contribution in [3.63, 3.8) is 0 Å². The third kappa shape index (κ3) is 5.40. The zero-order valence-corrected chi connectivity index (χ0v) is 22.5. The largest absolute Gasteiger partial charge is 0.406 e. The fourth-order valence-corrected chi connectivity index (χ4v) is 3.75. The number of aromatic nitrogens is 2. The third-order valence-electron chi connectivity index (χ3n) is 5.81. The first-order valence-corrected chi connectivity index (χ1v) is 11.8. The lowest BCUT2D eigenvalue weighted by Crippen LogP contribution is -2.60. The van der Waals surface area contributed by atoms with Gasteiger partial charge < -0.3 is 15.0 Å². The van der Waals surface area contributed by atoms with Gasteiger partial charge in [-0.1, -0.05) is 27.5 Å². The molecule has 0 unspecified atom stereocenters. The molecular weight excluding hydrogens is 518 g/mol. The number of nitrogens with one attached hydrogen (secondary N) is 2. The normalized spacial score (nSPS) is 12.6. The Balaban J connectivity index is 2.14. The topological polar surface area (TPSA) is 88.4 Å². The van der Waals surface area contributed by atoms with Gasteiger partial charge in [0.25, 0.3) is 5.91 Å². The SMILES string of the molecule is BC(B)(B)n1cnc2c(F)c(Nc3ccc(Br)cc3Cl)c(C(=O)NOC(B)(B)C(B)(B)O)cc21. The van der Waals surface area contributed by atoms with Crippen molar-refractivity contribution in [1.82, 2.24) is 15.0 Å². The molecule has 0 radical (unpaired) electrons. The number of rotatable bonds is 7. The van der Waals surface area contributed by atoms with Crippen LogP contribution in [0.1, 0.15) is 10.4 Å².